The van der Waals surface area contributed by atoms with Gasteiger partial charge in [0.2, 0.25) is 10.0 Å². The highest BCUT2D eigenvalue weighted by molar-refractivity contribution is 7.92. The number of rotatable bonds is 3. The molecule has 0 radical (unpaired) electrons. The van der Waals surface area contributed by atoms with Crippen molar-refractivity contribution >= 4 is 15.7 Å². The second-order valence-corrected chi connectivity index (χ2v) is 6.91. The van der Waals surface area contributed by atoms with E-state index in [1.807, 2.05) is 13.0 Å². The van der Waals surface area contributed by atoms with Gasteiger partial charge in [-0.3, -0.25) is 9.52 Å². The molecule has 1 aromatic heterocycles. The lowest BCUT2D eigenvalue weighted by molar-refractivity contribution is 0.607. The van der Waals surface area contributed by atoms with E-state index >= 15 is 0 Å². The summed E-state index contributed by atoms with van der Waals surface area (Å²) in [5.74, 6) is 0. The van der Waals surface area contributed by atoms with Crippen LogP contribution in [0.4, 0.5) is 5.69 Å². The third-order valence-electron chi connectivity index (χ3n) is 3.41. The Morgan fingerprint density at radius 1 is 1.14 bits per heavy atom. The lowest BCUT2D eigenvalue weighted by atomic mass is 9.99. The van der Waals surface area contributed by atoms with Gasteiger partial charge in [0.25, 0.3) is 5.56 Å². The van der Waals surface area contributed by atoms with Gasteiger partial charge in [0, 0.05) is 30.1 Å². The average molecular weight is 306 g/mol. The largest absolute Gasteiger partial charge is 0.318 e. The molecule has 6 heteroatoms. The lowest BCUT2D eigenvalue weighted by Crippen LogP contribution is -2.20. The average Bonchev–Trinajstić information content (AvgIpc) is 2.39. The molecule has 2 aromatic rings. The maximum atomic E-state index is 11.9. The van der Waals surface area contributed by atoms with Gasteiger partial charge < -0.3 is 4.57 Å². The van der Waals surface area contributed by atoms with Gasteiger partial charge in [-0.25, -0.2) is 8.42 Å². The molecule has 0 aliphatic heterocycles. The van der Waals surface area contributed by atoms with Crippen LogP contribution >= 0.6 is 0 Å². The number of hydrogen-bond donors (Lipinski definition) is 1. The van der Waals surface area contributed by atoms with E-state index in [4.69, 9.17) is 0 Å². The topological polar surface area (TPSA) is 68.2 Å². The molecule has 0 fully saturated rings. The van der Waals surface area contributed by atoms with Crippen molar-refractivity contribution in [3.05, 3.63) is 51.9 Å². The molecular weight excluding hydrogens is 288 g/mol. The van der Waals surface area contributed by atoms with E-state index in [0.717, 1.165) is 22.9 Å². The Bertz CT molecular complexity index is 852. The van der Waals surface area contributed by atoms with Crippen LogP contribution in [0, 0.1) is 13.8 Å². The highest BCUT2D eigenvalue weighted by Crippen LogP contribution is 2.26. The van der Waals surface area contributed by atoms with E-state index < -0.39 is 10.0 Å². The SMILES string of the molecule is Cc1c(-c2cccc(NS(C)(=O)=O)c2)cn(C)c(=O)c1C. The second kappa shape index (κ2) is 5.37. The summed E-state index contributed by atoms with van der Waals surface area (Å²) in [6, 6.07) is 7.12. The summed E-state index contributed by atoms with van der Waals surface area (Å²) >= 11 is 0. The minimum atomic E-state index is -3.31. The smallest absolute Gasteiger partial charge is 0.253 e. The number of benzene rings is 1. The Labute approximate surface area is 124 Å². The standard InChI is InChI=1S/C15H18N2O3S/c1-10-11(2)15(18)17(3)9-14(10)12-6-5-7-13(8-12)16-21(4,19)20/h5-9,16H,1-4H3. The predicted molar refractivity (Wildman–Crippen MR) is 85.1 cm³/mol. The summed E-state index contributed by atoms with van der Waals surface area (Å²) in [6.45, 7) is 3.68. The van der Waals surface area contributed by atoms with Gasteiger partial charge in [-0.1, -0.05) is 12.1 Å². The van der Waals surface area contributed by atoms with Crippen molar-refractivity contribution in [1.29, 1.82) is 0 Å². The van der Waals surface area contributed by atoms with Gasteiger partial charge in [-0.05, 0) is 37.1 Å². The molecule has 0 saturated carbocycles. The van der Waals surface area contributed by atoms with Gasteiger partial charge in [0.1, 0.15) is 0 Å². The molecule has 2 rings (SSSR count). The Balaban J connectivity index is 2.58. The quantitative estimate of drug-likeness (QED) is 0.943. The van der Waals surface area contributed by atoms with Crippen LogP contribution in [0.2, 0.25) is 0 Å². The van der Waals surface area contributed by atoms with E-state index in [-0.39, 0.29) is 5.56 Å². The normalized spacial score (nSPS) is 11.4. The van der Waals surface area contributed by atoms with Crippen molar-refractivity contribution in [3.8, 4) is 11.1 Å². The van der Waals surface area contributed by atoms with E-state index in [0.29, 0.717) is 11.3 Å². The molecule has 0 aliphatic carbocycles. The van der Waals surface area contributed by atoms with Crippen molar-refractivity contribution in [1.82, 2.24) is 4.57 Å². The van der Waals surface area contributed by atoms with E-state index in [9.17, 15) is 13.2 Å². The number of nitrogens with one attached hydrogen (secondary N) is 1. The van der Waals surface area contributed by atoms with Crippen molar-refractivity contribution < 1.29 is 8.42 Å². The summed E-state index contributed by atoms with van der Waals surface area (Å²) in [6.07, 6.45) is 2.88. The zero-order chi connectivity index (χ0) is 15.8. The van der Waals surface area contributed by atoms with Crippen molar-refractivity contribution in [3.63, 3.8) is 0 Å². The zero-order valence-corrected chi connectivity index (χ0v) is 13.3. The number of sulfonamides is 1. The highest BCUT2D eigenvalue weighted by Gasteiger charge is 2.10. The maximum absolute atomic E-state index is 11.9. The number of anilines is 1. The van der Waals surface area contributed by atoms with Crippen LogP contribution in [0.25, 0.3) is 11.1 Å². The first-order valence-electron chi connectivity index (χ1n) is 6.44. The summed E-state index contributed by atoms with van der Waals surface area (Å²) in [7, 11) is -1.61. The van der Waals surface area contributed by atoms with Gasteiger partial charge in [-0.2, -0.15) is 0 Å². The van der Waals surface area contributed by atoms with Gasteiger partial charge in [-0.15, -0.1) is 0 Å². The molecule has 112 valence electrons. The van der Waals surface area contributed by atoms with Crippen LogP contribution in [-0.2, 0) is 17.1 Å². The minimum absolute atomic E-state index is 0.0262. The number of hydrogen-bond acceptors (Lipinski definition) is 3. The molecule has 21 heavy (non-hydrogen) atoms. The van der Waals surface area contributed by atoms with Crippen LogP contribution in [-0.4, -0.2) is 19.2 Å². The molecule has 0 bridgehead atoms. The number of aryl methyl sites for hydroxylation is 1. The molecule has 1 N–H and O–H groups in total. The first-order chi connectivity index (χ1) is 9.69. The molecule has 1 aromatic carbocycles. The first-order valence-corrected chi connectivity index (χ1v) is 8.33. The van der Waals surface area contributed by atoms with Crippen molar-refractivity contribution in [2.24, 2.45) is 7.05 Å². The fraction of sp³-hybridized carbons (Fsp3) is 0.267. The van der Waals surface area contributed by atoms with Crippen LogP contribution in [0.15, 0.2) is 35.3 Å². The number of nitrogens with zero attached hydrogens (tertiary/aromatic N) is 1. The van der Waals surface area contributed by atoms with Crippen molar-refractivity contribution in [2.45, 2.75) is 13.8 Å². The fourth-order valence-electron chi connectivity index (χ4n) is 2.23. The molecular formula is C15H18N2O3S. The number of pyridine rings is 1. The van der Waals surface area contributed by atoms with Gasteiger partial charge in [0.05, 0.1) is 6.26 Å². The van der Waals surface area contributed by atoms with E-state index in [1.165, 1.54) is 4.57 Å². The summed E-state index contributed by atoms with van der Waals surface area (Å²) in [5, 5.41) is 0. The zero-order valence-electron chi connectivity index (χ0n) is 12.5. The summed E-state index contributed by atoms with van der Waals surface area (Å²) in [5.41, 5.74) is 3.83. The second-order valence-electron chi connectivity index (χ2n) is 5.16. The lowest BCUT2D eigenvalue weighted by Gasteiger charge is -2.12. The van der Waals surface area contributed by atoms with Crippen LogP contribution < -0.4 is 10.3 Å². The Kier molecular flexibility index (Phi) is 3.91. The monoisotopic (exact) mass is 306 g/mol. The molecule has 5 nitrogen and oxygen atoms in total. The summed E-state index contributed by atoms with van der Waals surface area (Å²) < 4.78 is 26.6. The van der Waals surface area contributed by atoms with Crippen LogP contribution in [0.5, 0.6) is 0 Å². The molecule has 0 amide bonds. The van der Waals surface area contributed by atoms with E-state index in [1.54, 1.807) is 38.4 Å². The Morgan fingerprint density at radius 2 is 1.81 bits per heavy atom. The molecule has 0 aliphatic rings. The molecule has 0 saturated heterocycles. The fourth-order valence-corrected chi connectivity index (χ4v) is 2.79. The Morgan fingerprint density at radius 3 is 2.43 bits per heavy atom. The van der Waals surface area contributed by atoms with Gasteiger partial charge in [0.15, 0.2) is 0 Å². The van der Waals surface area contributed by atoms with Crippen LogP contribution in [0.1, 0.15) is 11.1 Å². The predicted octanol–water partition coefficient (Wildman–Crippen LogP) is 2.04. The molecule has 0 atom stereocenters. The summed E-state index contributed by atoms with van der Waals surface area (Å²) in [4.78, 5) is 11.9. The maximum Gasteiger partial charge on any atom is 0.253 e. The first kappa shape index (κ1) is 15.3. The van der Waals surface area contributed by atoms with E-state index in [2.05, 4.69) is 4.72 Å². The minimum Gasteiger partial charge on any atom is -0.318 e. The van der Waals surface area contributed by atoms with Crippen LogP contribution in [0.3, 0.4) is 0 Å². The molecule has 1 heterocycles. The molecule has 0 spiro atoms. The highest BCUT2D eigenvalue weighted by atomic mass is 32.2. The van der Waals surface area contributed by atoms with Crippen molar-refractivity contribution in [2.75, 3.05) is 11.0 Å². The van der Waals surface area contributed by atoms with Gasteiger partial charge >= 0.3 is 0 Å². The molecule has 0 unspecified atom stereocenters. The third-order valence-corrected chi connectivity index (χ3v) is 4.01. The Hall–Kier alpha value is -2.08. The number of aromatic nitrogens is 1. The third kappa shape index (κ3) is 3.33.